The van der Waals surface area contributed by atoms with E-state index < -0.39 is 5.60 Å². The molecule has 2 saturated heterocycles. The predicted octanol–water partition coefficient (Wildman–Crippen LogP) is 1.36. The fourth-order valence-corrected chi connectivity index (χ4v) is 3.77. The van der Waals surface area contributed by atoms with Gasteiger partial charge in [0, 0.05) is 38.3 Å². The van der Waals surface area contributed by atoms with Crippen LogP contribution in [0.1, 0.15) is 24.3 Å². The first kappa shape index (κ1) is 14.0. The van der Waals surface area contributed by atoms with Crippen LogP contribution in [0.25, 0.3) is 0 Å². The Labute approximate surface area is 123 Å². The number of likely N-dealkylation sites (tertiary alicyclic amines) is 1. The molecule has 2 fully saturated rings. The zero-order valence-electron chi connectivity index (χ0n) is 11.9. The smallest absolute Gasteiger partial charge is 0.255 e. The summed E-state index contributed by atoms with van der Waals surface area (Å²) >= 11 is 1.67. The molecule has 0 bridgehead atoms. The van der Waals surface area contributed by atoms with Gasteiger partial charge in [-0.25, -0.2) is 4.98 Å². The van der Waals surface area contributed by atoms with Crippen molar-refractivity contribution < 1.29 is 9.53 Å². The van der Waals surface area contributed by atoms with Crippen molar-refractivity contribution in [2.24, 2.45) is 0 Å². The number of aromatic nitrogens is 1. The number of carbonyl (C=O) groups is 1. The van der Waals surface area contributed by atoms with Crippen LogP contribution in [0.15, 0.2) is 11.6 Å². The summed E-state index contributed by atoms with van der Waals surface area (Å²) < 4.78 is 5.97. The maximum absolute atomic E-state index is 12.6. The molecule has 110 valence electrons. The second-order valence-electron chi connectivity index (χ2n) is 5.66. The number of nitrogens with zero attached hydrogens (tertiary/aromatic N) is 3. The monoisotopic (exact) mass is 295 g/mol. The zero-order valence-corrected chi connectivity index (χ0v) is 12.7. The summed E-state index contributed by atoms with van der Waals surface area (Å²) in [6, 6.07) is 0. The number of thiazole rings is 1. The highest BCUT2D eigenvalue weighted by atomic mass is 32.1. The normalized spacial score (nSPS) is 28.9. The molecule has 1 aromatic rings. The van der Waals surface area contributed by atoms with E-state index in [9.17, 15) is 4.79 Å². The van der Waals surface area contributed by atoms with Crippen LogP contribution in [-0.2, 0) is 16.1 Å². The number of carbonyl (C=O) groups excluding carboxylic acids is 1. The van der Waals surface area contributed by atoms with E-state index in [2.05, 4.69) is 9.88 Å². The SMILES string of the molecule is CN1CCCCC2(CN(Cc3nccs3)CCO2)C1=O. The van der Waals surface area contributed by atoms with E-state index >= 15 is 0 Å². The molecule has 5 nitrogen and oxygen atoms in total. The van der Waals surface area contributed by atoms with Crippen LogP contribution in [0, 0.1) is 0 Å². The molecule has 1 spiro atoms. The molecule has 0 radical (unpaired) electrons. The molecule has 1 amide bonds. The number of rotatable bonds is 2. The van der Waals surface area contributed by atoms with Gasteiger partial charge in [-0.05, 0) is 19.3 Å². The van der Waals surface area contributed by atoms with Crippen molar-refractivity contribution in [3.8, 4) is 0 Å². The highest BCUT2D eigenvalue weighted by molar-refractivity contribution is 7.09. The van der Waals surface area contributed by atoms with Crippen LogP contribution in [0.4, 0.5) is 0 Å². The van der Waals surface area contributed by atoms with Crippen molar-refractivity contribution in [2.75, 3.05) is 33.3 Å². The third-order valence-electron chi connectivity index (χ3n) is 4.17. The summed E-state index contributed by atoms with van der Waals surface area (Å²) in [5, 5.41) is 3.10. The molecule has 1 unspecified atom stereocenters. The molecule has 20 heavy (non-hydrogen) atoms. The number of morpholine rings is 1. The van der Waals surface area contributed by atoms with Gasteiger partial charge < -0.3 is 9.64 Å². The maximum atomic E-state index is 12.6. The van der Waals surface area contributed by atoms with Gasteiger partial charge in [-0.1, -0.05) is 0 Å². The van der Waals surface area contributed by atoms with Gasteiger partial charge in [0.2, 0.25) is 0 Å². The Morgan fingerprint density at radius 2 is 2.35 bits per heavy atom. The van der Waals surface area contributed by atoms with Gasteiger partial charge in [-0.15, -0.1) is 11.3 Å². The van der Waals surface area contributed by atoms with E-state index in [1.807, 2.05) is 23.5 Å². The Morgan fingerprint density at radius 3 is 3.15 bits per heavy atom. The van der Waals surface area contributed by atoms with Crippen LogP contribution < -0.4 is 0 Å². The van der Waals surface area contributed by atoms with Crippen molar-refractivity contribution >= 4 is 17.2 Å². The van der Waals surface area contributed by atoms with E-state index in [0.29, 0.717) is 13.2 Å². The number of likely N-dealkylation sites (N-methyl/N-ethyl adjacent to an activating group) is 1. The highest BCUT2D eigenvalue weighted by Gasteiger charge is 2.45. The Morgan fingerprint density at radius 1 is 1.45 bits per heavy atom. The fraction of sp³-hybridized carbons (Fsp3) is 0.714. The molecule has 2 aliphatic heterocycles. The van der Waals surface area contributed by atoms with E-state index in [1.165, 1.54) is 0 Å². The average molecular weight is 295 g/mol. The minimum Gasteiger partial charge on any atom is -0.362 e. The Bertz CT molecular complexity index is 465. The zero-order chi connectivity index (χ0) is 14.0. The third kappa shape index (κ3) is 2.73. The second kappa shape index (κ2) is 5.79. The molecule has 2 aliphatic rings. The molecule has 1 atom stereocenters. The first-order valence-electron chi connectivity index (χ1n) is 7.20. The van der Waals surface area contributed by atoms with Gasteiger partial charge in [-0.3, -0.25) is 9.69 Å². The summed E-state index contributed by atoms with van der Waals surface area (Å²) in [6.07, 6.45) is 4.80. The largest absolute Gasteiger partial charge is 0.362 e. The third-order valence-corrected chi connectivity index (χ3v) is 4.93. The lowest BCUT2D eigenvalue weighted by Crippen LogP contribution is -2.59. The van der Waals surface area contributed by atoms with E-state index in [0.717, 1.165) is 43.9 Å². The van der Waals surface area contributed by atoms with Gasteiger partial charge in [-0.2, -0.15) is 0 Å². The summed E-state index contributed by atoms with van der Waals surface area (Å²) in [4.78, 5) is 21.1. The lowest BCUT2D eigenvalue weighted by atomic mass is 9.94. The minimum absolute atomic E-state index is 0.152. The molecule has 0 saturated carbocycles. The molecular formula is C14H21N3O2S. The number of ether oxygens (including phenoxy) is 1. The van der Waals surface area contributed by atoms with Gasteiger partial charge in [0.05, 0.1) is 13.2 Å². The van der Waals surface area contributed by atoms with Crippen LogP contribution in [0.3, 0.4) is 0 Å². The van der Waals surface area contributed by atoms with Crippen LogP contribution in [0.2, 0.25) is 0 Å². The highest BCUT2D eigenvalue weighted by Crippen LogP contribution is 2.30. The maximum Gasteiger partial charge on any atom is 0.255 e. The molecule has 0 aliphatic carbocycles. The van der Waals surface area contributed by atoms with E-state index in [4.69, 9.17) is 4.74 Å². The molecule has 1 aromatic heterocycles. The van der Waals surface area contributed by atoms with Crippen LogP contribution >= 0.6 is 11.3 Å². The standard InChI is InChI=1S/C14H21N3O2S/c1-16-6-3-2-4-14(13(16)18)11-17(7-8-19-14)10-12-15-5-9-20-12/h5,9H,2-4,6-8,10-11H2,1H3. The van der Waals surface area contributed by atoms with Crippen LogP contribution in [0.5, 0.6) is 0 Å². The molecule has 6 heteroatoms. The lowest BCUT2D eigenvalue weighted by molar-refractivity contribution is -0.169. The quantitative estimate of drug-likeness (QED) is 0.826. The summed E-state index contributed by atoms with van der Waals surface area (Å²) in [7, 11) is 1.89. The first-order valence-corrected chi connectivity index (χ1v) is 8.08. The molecule has 0 N–H and O–H groups in total. The second-order valence-corrected chi connectivity index (χ2v) is 6.64. The van der Waals surface area contributed by atoms with Gasteiger partial charge in [0.25, 0.3) is 5.91 Å². The Kier molecular flexibility index (Phi) is 4.05. The van der Waals surface area contributed by atoms with Gasteiger partial charge >= 0.3 is 0 Å². The molecular weight excluding hydrogens is 274 g/mol. The van der Waals surface area contributed by atoms with Gasteiger partial charge in [0.15, 0.2) is 5.60 Å². The summed E-state index contributed by atoms with van der Waals surface area (Å²) in [5.74, 6) is 0.152. The average Bonchev–Trinajstić information content (AvgIpc) is 2.91. The van der Waals surface area contributed by atoms with Crippen molar-refractivity contribution in [3.63, 3.8) is 0 Å². The van der Waals surface area contributed by atoms with Crippen molar-refractivity contribution in [1.82, 2.24) is 14.8 Å². The summed E-state index contributed by atoms with van der Waals surface area (Å²) in [5.41, 5.74) is -0.624. The molecule has 0 aromatic carbocycles. The Hall–Kier alpha value is -0.980. The number of hydrogen-bond donors (Lipinski definition) is 0. The van der Waals surface area contributed by atoms with E-state index in [-0.39, 0.29) is 5.91 Å². The number of hydrogen-bond acceptors (Lipinski definition) is 5. The van der Waals surface area contributed by atoms with Crippen LogP contribution in [-0.4, -0.2) is 59.6 Å². The first-order chi connectivity index (χ1) is 9.70. The van der Waals surface area contributed by atoms with Crippen molar-refractivity contribution in [2.45, 2.75) is 31.4 Å². The predicted molar refractivity (Wildman–Crippen MR) is 77.6 cm³/mol. The van der Waals surface area contributed by atoms with E-state index in [1.54, 1.807) is 11.3 Å². The fourth-order valence-electron chi connectivity index (χ4n) is 3.11. The molecule has 3 rings (SSSR count). The lowest BCUT2D eigenvalue weighted by Gasteiger charge is -2.42. The number of amides is 1. The topological polar surface area (TPSA) is 45.7 Å². The molecule has 3 heterocycles. The van der Waals surface area contributed by atoms with Crippen molar-refractivity contribution in [3.05, 3.63) is 16.6 Å². The Balaban J connectivity index is 1.73. The van der Waals surface area contributed by atoms with Gasteiger partial charge in [0.1, 0.15) is 5.01 Å². The summed E-state index contributed by atoms with van der Waals surface area (Å²) in [6.45, 7) is 3.86. The minimum atomic E-state index is -0.624. The van der Waals surface area contributed by atoms with Crippen molar-refractivity contribution in [1.29, 1.82) is 0 Å².